The van der Waals surface area contributed by atoms with Crippen LogP contribution in [0.15, 0.2) is 93.7 Å². The molecule has 0 aromatic heterocycles. The summed E-state index contributed by atoms with van der Waals surface area (Å²) in [4.78, 5) is 27.6. The molecule has 3 unspecified atom stereocenters. The molecule has 194 valence electrons. The molecule has 1 amide bonds. The number of anilines is 1. The third-order valence-corrected chi connectivity index (χ3v) is 7.55. The van der Waals surface area contributed by atoms with Gasteiger partial charge in [0.25, 0.3) is 5.91 Å². The lowest BCUT2D eigenvalue weighted by atomic mass is 9.78. The number of hydrogen-bond donors (Lipinski definition) is 1. The second-order valence-electron chi connectivity index (χ2n) is 9.34. The van der Waals surface area contributed by atoms with E-state index in [1.165, 1.54) is 12.1 Å². The van der Waals surface area contributed by atoms with Gasteiger partial charge in [-0.1, -0.05) is 58.4 Å². The molecule has 5 rings (SSSR count). The summed E-state index contributed by atoms with van der Waals surface area (Å²) in [5.74, 6) is -0.457. The molecule has 3 atom stereocenters. The van der Waals surface area contributed by atoms with Crippen LogP contribution in [0, 0.1) is 5.92 Å². The van der Waals surface area contributed by atoms with Gasteiger partial charge in [0.2, 0.25) is 0 Å². The first-order chi connectivity index (χ1) is 18.3. The maximum absolute atomic E-state index is 13.9. The number of amides is 1. The number of methoxy groups -OCH3 is 1. The van der Waals surface area contributed by atoms with Crippen molar-refractivity contribution >= 4 is 39.0 Å². The Balaban J connectivity index is 1.50. The SMILES string of the molecule is COc1cccc2c1OC(C)=C(C(=O)CC(c1ccc(Br)cc1)C1C(=O)N(c3ccccc3)N=C1C)C2O. The van der Waals surface area contributed by atoms with Gasteiger partial charge in [0.05, 0.1) is 24.3 Å². The van der Waals surface area contributed by atoms with Crippen molar-refractivity contribution in [1.82, 2.24) is 0 Å². The Kier molecular flexibility index (Phi) is 7.19. The van der Waals surface area contributed by atoms with Gasteiger partial charge in [-0.15, -0.1) is 0 Å². The second kappa shape index (κ2) is 10.6. The van der Waals surface area contributed by atoms with E-state index in [-0.39, 0.29) is 23.7 Å². The molecule has 2 aliphatic heterocycles. The van der Waals surface area contributed by atoms with Crippen LogP contribution < -0.4 is 14.5 Å². The number of hydrogen-bond acceptors (Lipinski definition) is 6. The van der Waals surface area contributed by atoms with E-state index in [2.05, 4.69) is 21.0 Å². The lowest BCUT2D eigenvalue weighted by Gasteiger charge is -2.29. The standard InChI is InChI=1S/C30H27BrN2O5/c1-17-26(30(36)33(32-17)21-8-5-4-6-9-21)23(19-12-14-20(31)15-13-19)16-24(34)27-18(2)38-29-22(28(27)35)10-7-11-25(29)37-3/h4-15,23,26,28,35H,16H2,1-3H3. The monoisotopic (exact) mass is 574 g/mol. The molecular weight excluding hydrogens is 548 g/mol. The number of rotatable bonds is 7. The van der Waals surface area contributed by atoms with E-state index in [4.69, 9.17) is 9.47 Å². The molecule has 0 radical (unpaired) electrons. The molecule has 3 aromatic rings. The smallest absolute Gasteiger partial charge is 0.256 e. The molecule has 38 heavy (non-hydrogen) atoms. The van der Waals surface area contributed by atoms with Crippen LogP contribution in [0.3, 0.4) is 0 Å². The molecule has 7 nitrogen and oxygen atoms in total. The Morgan fingerprint density at radius 1 is 1.08 bits per heavy atom. The highest BCUT2D eigenvalue weighted by molar-refractivity contribution is 9.10. The Morgan fingerprint density at radius 3 is 2.47 bits per heavy atom. The van der Waals surface area contributed by atoms with Crippen LogP contribution in [-0.4, -0.2) is 29.6 Å². The van der Waals surface area contributed by atoms with E-state index < -0.39 is 17.9 Å². The summed E-state index contributed by atoms with van der Waals surface area (Å²) >= 11 is 3.47. The highest BCUT2D eigenvalue weighted by Gasteiger charge is 2.43. The van der Waals surface area contributed by atoms with Gasteiger partial charge in [-0.2, -0.15) is 5.10 Å². The molecule has 8 heteroatoms. The Hall–Kier alpha value is -3.75. The van der Waals surface area contributed by atoms with Gasteiger partial charge in [-0.25, -0.2) is 5.01 Å². The molecule has 0 bridgehead atoms. The Morgan fingerprint density at radius 2 is 1.79 bits per heavy atom. The van der Waals surface area contributed by atoms with Gasteiger partial charge in [0.1, 0.15) is 11.9 Å². The molecule has 0 spiro atoms. The average molecular weight is 575 g/mol. The summed E-state index contributed by atoms with van der Waals surface area (Å²) in [5, 5.41) is 17.2. The molecule has 0 saturated carbocycles. The van der Waals surface area contributed by atoms with Crippen LogP contribution in [0.25, 0.3) is 0 Å². The molecule has 0 aliphatic carbocycles. The fourth-order valence-electron chi connectivity index (χ4n) is 5.17. The molecule has 0 fully saturated rings. The van der Waals surface area contributed by atoms with Crippen LogP contribution in [-0.2, 0) is 9.59 Å². The fraction of sp³-hybridized carbons (Fsp3) is 0.233. The van der Waals surface area contributed by atoms with E-state index >= 15 is 0 Å². The predicted molar refractivity (Wildman–Crippen MR) is 148 cm³/mol. The lowest BCUT2D eigenvalue weighted by molar-refractivity contribution is -0.121. The zero-order valence-corrected chi connectivity index (χ0v) is 22.8. The molecule has 0 saturated heterocycles. The van der Waals surface area contributed by atoms with Crippen molar-refractivity contribution in [1.29, 1.82) is 0 Å². The van der Waals surface area contributed by atoms with Crippen LogP contribution in [0.5, 0.6) is 11.5 Å². The molecular formula is C30H27BrN2O5. The van der Waals surface area contributed by atoms with Crippen molar-refractivity contribution in [2.45, 2.75) is 32.3 Å². The van der Waals surface area contributed by atoms with Crippen LogP contribution >= 0.6 is 15.9 Å². The number of carbonyl (C=O) groups is 2. The Bertz CT molecular complexity index is 1450. The number of Topliss-reactive ketones (excluding diaryl/α,β-unsaturated/α-hetero) is 1. The lowest BCUT2D eigenvalue weighted by Crippen LogP contribution is -2.33. The largest absolute Gasteiger partial charge is 0.493 e. The summed E-state index contributed by atoms with van der Waals surface area (Å²) in [6.07, 6.45) is -1.19. The van der Waals surface area contributed by atoms with Crippen molar-refractivity contribution in [2.75, 3.05) is 12.1 Å². The van der Waals surface area contributed by atoms with Gasteiger partial charge < -0.3 is 14.6 Å². The highest BCUT2D eigenvalue weighted by atomic mass is 79.9. The third kappa shape index (κ3) is 4.66. The summed E-state index contributed by atoms with van der Waals surface area (Å²) < 4.78 is 12.2. The van der Waals surface area contributed by atoms with Crippen LogP contribution in [0.1, 0.15) is 43.4 Å². The number of aliphatic hydroxyl groups is 1. The second-order valence-corrected chi connectivity index (χ2v) is 10.3. The number of ketones is 1. The number of allylic oxidation sites excluding steroid dienone is 1. The summed E-state index contributed by atoms with van der Waals surface area (Å²) in [5.41, 5.74) is 2.76. The number of nitrogens with zero attached hydrogens (tertiary/aromatic N) is 2. The minimum absolute atomic E-state index is 0.0140. The van der Waals surface area contributed by atoms with Crippen molar-refractivity contribution in [3.63, 3.8) is 0 Å². The van der Waals surface area contributed by atoms with Crippen LogP contribution in [0.2, 0.25) is 0 Å². The van der Waals surface area contributed by atoms with E-state index in [9.17, 15) is 14.7 Å². The van der Waals surface area contributed by atoms with E-state index in [1.807, 2.05) is 61.5 Å². The number of aliphatic hydroxyl groups excluding tert-OH is 1. The number of benzene rings is 3. The number of hydrazone groups is 1. The quantitative estimate of drug-likeness (QED) is 0.377. The fourth-order valence-corrected chi connectivity index (χ4v) is 5.43. The summed E-state index contributed by atoms with van der Waals surface area (Å²) in [6, 6.07) is 22.0. The van der Waals surface area contributed by atoms with E-state index in [0.717, 1.165) is 10.0 Å². The van der Waals surface area contributed by atoms with Crippen LogP contribution in [0.4, 0.5) is 5.69 Å². The first-order valence-corrected chi connectivity index (χ1v) is 13.1. The zero-order valence-electron chi connectivity index (χ0n) is 21.2. The highest BCUT2D eigenvalue weighted by Crippen LogP contribution is 2.45. The number of para-hydroxylation sites is 2. The number of carbonyl (C=O) groups excluding carboxylic acids is 2. The number of ether oxygens (including phenoxy) is 2. The average Bonchev–Trinajstić information content (AvgIpc) is 3.21. The van der Waals surface area contributed by atoms with Crippen molar-refractivity contribution in [3.8, 4) is 11.5 Å². The van der Waals surface area contributed by atoms with Gasteiger partial charge in [-0.05, 0) is 49.7 Å². The molecule has 2 heterocycles. The molecule has 3 aromatic carbocycles. The van der Waals surface area contributed by atoms with E-state index in [1.54, 1.807) is 25.1 Å². The minimum atomic E-state index is -1.18. The van der Waals surface area contributed by atoms with Crippen molar-refractivity contribution in [2.24, 2.45) is 11.0 Å². The normalized spacial score (nSPS) is 19.6. The van der Waals surface area contributed by atoms with Gasteiger partial charge >= 0.3 is 0 Å². The molecule has 1 N–H and O–H groups in total. The third-order valence-electron chi connectivity index (χ3n) is 7.02. The predicted octanol–water partition coefficient (Wildman–Crippen LogP) is 5.94. The van der Waals surface area contributed by atoms with Gasteiger partial charge in [0, 0.05) is 28.1 Å². The first-order valence-electron chi connectivity index (χ1n) is 12.3. The van der Waals surface area contributed by atoms with Gasteiger partial charge in [0.15, 0.2) is 17.3 Å². The first kappa shape index (κ1) is 25.9. The van der Waals surface area contributed by atoms with E-state index in [0.29, 0.717) is 34.2 Å². The topological polar surface area (TPSA) is 88.4 Å². The maximum atomic E-state index is 13.9. The minimum Gasteiger partial charge on any atom is -0.493 e. The maximum Gasteiger partial charge on any atom is 0.256 e. The van der Waals surface area contributed by atoms with Gasteiger partial charge in [-0.3, -0.25) is 9.59 Å². The molecule has 2 aliphatic rings. The summed E-state index contributed by atoms with van der Waals surface area (Å²) in [7, 11) is 1.52. The Labute approximate surface area is 229 Å². The summed E-state index contributed by atoms with van der Waals surface area (Å²) in [6.45, 7) is 3.47. The van der Waals surface area contributed by atoms with Crippen molar-refractivity contribution < 1.29 is 24.2 Å². The van der Waals surface area contributed by atoms with Crippen molar-refractivity contribution in [3.05, 3.63) is 99.7 Å². The number of halogens is 1. The zero-order chi connectivity index (χ0) is 27.0. The number of fused-ring (bicyclic) bond motifs is 1.